The first-order chi connectivity index (χ1) is 4.63. The van der Waals surface area contributed by atoms with Crippen molar-refractivity contribution in [3.05, 3.63) is 0 Å². The second-order valence-electron chi connectivity index (χ2n) is 2.90. The minimum absolute atomic E-state index is 0.0810. The summed E-state index contributed by atoms with van der Waals surface area (Å²) < 4.78 is 0. The Hall–Kier alpha value is -0.0800. The maximum atomic E-state index is 9.30. The van der Waals surface area contributed by atoms with Gasteiger partial charge in [-0.05, 0) is 19.8 Å². The largest absolute Gasteiger partial charge is 0.396 e. The molecule has 1 atom stereocenters. The predicted octanol–water partition coefficient (Wildman–Crippen LogP) is 1.17. The van der Waals surface area contributed by atoms with Crippen LogP contribution < -0.4 is 0 Å². The van der Waals surface area contributed by atoms with Crippen molar-refractivity contribution in [2.24, 2.45) is 5.41 Å². The Morgan fingerprint density at radius 3 is 1.70 bits per heavy atom. The van der Waals surface area contributed by atoms with Crippen molar-refractivity contribution in [3.8, 4) is 0 Å². The van der Waals surface area contributed by atoms with Gasteiger partial charge in [-0.1, -0.05) is 13.8 Å². The summed E-state index contributed by atoms with van der Waals surface area (Å²) in [5.41, 5.74) is -0.264. The third kappa shape index (κ3) is 1.70. The van der Waals surface area contributed by atoms with Gasteiger partial charge in [0.05, 0.1) is 12.7 Å². The highest BCUT2D eigenvalue weighted by atomic mass is 16.3. The topological polar surface area (TPSA) is 40.5 Å². The van der Waals surface area contributed by atoms with Crippen LogP contribution in [0.5, 0.6) is 0 Å². The molecule has 0 radical (unpaired) electrons. The van der Waals surface area contributed by atoms with Crippen LogP contribution in [0.15, 0.2) is 0 Å². The van der Waals surface area contributed by atoms with E-state index in [1.54, 1.807) is 6.92 Å². The van der Waals surface area contributed by atoms with Gasteiger partial charge in [0.15, 0.2) is 0 Å². The lowest BCUT2D eigenvalue weighted by atomic mass is 9.79. The summed E-state index contributed by atoms with van der Waals surface area (Å²) in [6, 6.07) is 0. The van der Waals surface area contributed by atoms with Gasteiger partial charge in [0.2, 0.25) is 0 Å². The third-order valence-electron chi connectivity index (χ3n) is 2.61. The van der Waals surface area contributed by atoms with E-state index in [-0.39, 0.29) is 12.0 Å². The highest BCUT2D eigenvalue weighted by molar-refractivity contribution is 4.80. The molecule has 2 nitrogen and oxygen atoms in total. The second-order valence-corrected chi connectivity index (χ2v) is 2.90. The minimum atomic E-state index is -0.410. The van der Waals surface area contributed by atoms with E-state index in [9.17, 15) is 5.11 Å². The van der Waals surface area contributed by atoms with E-state index < -0.39 is 6.10 Å². The first-order valence-electron chi connectivity index (χ1n) is 3.92. The van der Waals surface area contributed by atoms with Crippen LogP contribution in [-0.4, -0.2) is 22.9 Å². The molecule has 2 N–H and O–H groups in total. The average Bonchev–Trinajstić information content (AvgIpc) is 1.92. The zero-order chi connectivity index (χ0) is 8.20. The molecule has 0 aliphatic rings. The molecule has 0 bridgehead atoms. The fraction of sp³-hybridized carbons (Fsp3) is 1.00. The molecule has 10 heavy (non-hydrogen) atoms. The van der Waals surface area contributed by atoms with Gasteiger partial charge in [-0.2, -0.15) is 0 Å². The van der Waals surface area contributed by atoms with Crippen molar-refractivity contribution in [3.63, 3.8) is 0 Å². The monoisotopic (exact) mass is 146 g/mol. The van der Waals surface area contributed by atoms with Crippen molar-refractivity contribution in [2.45, 2.75) is 39.7 Å². The van der Waals surface area contributed by atoms with E-state index in [1.165, 1.54) is 0 Å². The normalized spacial score (nSPS) is 15.3. The lowest BCUT2D eigenvalue weighted by molar-refractivity contribution is -0.0125. The van der Waals surface area contributed by atoms with Gasteiger partial charge >= 0.3 is 0 Å². The molecule has 0 aromatic rings. The van der Waals surface area contributed by atoms with E-state index in [0.29, 0.717) is 0 Å². The molecule has 2 heteroatoms. The van der Waals surface area contributed by atoms with Crippen LogP contribution in [0.1, 0.15) is 33.6 Å². The number of aliphatic hydroxyl groups is 2. The maximum Gasteiger partial charge on any atom is 0.0590 e. The summed E-state index contributed by atoms with van der Waals surface area (Å²) in [6.45, 7) is 5.81. The molecule has 0 aliphatic carbocycles. The molecule has 1 unspecified atom stereocenters. The van der Waals surface area contributed by atoms with Crippen LogP contribution in [0.4, 0.5) is 0 Å². The lowest BCUT2D eigenvalue weighted by Crippen LogP contribution is -2.35. The SMILES string of the molecule is CCC(CC)(CO)C(C)O. The summed E-state index contributed by atoms with van der Waals surface area (Å²) in [6.07, 6.45) is 1.25. The Balaban J connectivity index is 4.15. The number of rotatable bonds is 4. The number of hydrogen-bond acceptors (Lipinski definition) is 2. The Morgan fingerprint density at radius 2 is 1.70 bits per heavy atom. The first kappa shape index (κ1) is 9.92. The molecular weight excluding hydrogens is 128 g/mol. The molecule has 0 aromatic heterocycles. The van der Waals surface area contributed by atoms with Crippen molar-refractivity contribution in [2.75, 3.05) is 6.61 Å². The van der Waals surface area contributed by atoms with Crippen molar-refractivity contribution in [1.82, 2.24) is 0 Å². The Kier molecular flexibility index (Phi) is 3.91. The standard InChI is InChI=1S/C8H18O2/c1-4-8(5-2,6-9)7(3)10/h7,9-10H,4-6H2,1-3H3. The molecule has 0 spiro atoms. The van der Waals surface area contributed by atoms with E-state index in [2.05, 4.69) is 0 Å². The van der Waals surface area contributed by atoms with Gasteiger partial charge < -0.3 is 10.2 Å². The minimum Gasteiger partial charge on any atom is -0.396 e. The highest BCUT2D eigenvalue weighted by Crippen LogP contribution is 2.29. The molecule has 0 saturated carbocycles. The molecule has 0 amide bonds. The molecule has 0 saturated heterocycles. The molecule has 0 fully saturated rings. The van der Waals surface area contributed by atoms with E-state index in [1.807, 2.05) is 13.8 Å². The molecule has 62 valence electrons. The van der Waals surface area contributed by atoms with E-state index in [4.69, 9.17) is 5.11 Å². The fourth-order valence-corrected chi connectivity index (χ4v) is 1.20. The van der Waals surface area contributed by atoms with Crippen LogP contribution in [0.3, 0.4) is 0 Å². The van der Waals surface area contributed by atoms with Crippen LogP contribution in [0.25, 0.3) is 0 Å². The summed E-state index contributed by atoms with van der Waals surface area (Å²) >= 11 is 0. The maximum absolute atomic E-state index is 9.30. The molecule has 0 aromatic carbocycles. The van der Waals surface area contributed by atoms with Crippen molar-refractivity contribution < 1.29 is 10.2 Å². The molecule has 0 rings (SSSR count). The molecule has 0 aliphatic heterocycles. The van der Waals surface area contributed by atoms with Crippen LogP contribution in [-0.2, 0) is 0 Å². The second kappa shape index (κ2) is 3.94. The summed E-state index contributed by atoms with van der Waals surface area (Å²) in [5, 5.41) is 18.3. The smallest absolute Gasteiger partial charge is 0.0590 e. The van der Waals surface area contributed by atoms with Crippen molar-refractivity contribution in [1.29, 1.82) is 0 Å². The van der Waals surface area contributed by atoms with Gasteiger partial charge in [-0.25, -0.2) is 0 Å². The number of hydrogen-bond donors (Lipinski definition) is 2. The zero-order valence-electron chi connectivity index (χ0n) is 7.09. The first-order valence-corrected chi connectivity index (χ1v) is 3.92. The summed E-state index contributed by atoms with van der Waals surface area (Å²) in [4.78, 5) is 0. The molecule has 0 heterocycles. The Morgan fingerprint density at radius 1 is 1.30 bits per heavy atom. The van der Waals surface area contributed by atoms with E-state index in [0.717, 1.165) is 12.8 Å². The molecular formula is C8H18O2. The summed E-state index contributed by atoms with van der Waals surface area (Å²) in [5.74, 6) is 0. The lowest BCUT2D eigenvalue weighted by Gasteiger charge is -2.32. The zero-order valence-corrected chi connectivity index (χ0v) is 7.09. The van der Waals surface area contributed by atoms with Gasteiger partial charge in [0.1, 0.15) is 0 Å². The van der Waals surface area contributed by atoms with Gasteiger partial charge in [0, 0.05) is 5.41 Å². The quantitative estimate of drug-likeness (QED) is 0.625. The third-order valence-corrected chi connectivity index (χ3v) is 2.61. The summed E-state index contributed by atoms with van der Waals surface area (Å²) in [7, 11) is 0. The van der Waals surface area contributed by atoms with Crippen LogP contribution in [0.2, 0.25) is 0 Å². The van der Waals surface area contributed by atoms with Gasteiger partial charge in [-0.15, -0.1) is 0 Å². The predicted molar refractivity (Wildman–Crippen MR) is 41.8 cm³/mol. The van der Waals surface area contributed by atoms with Crippen molar-refractivity contribution >= 4 is 0 Å². The Labute approximate surface area is 62.9 Å². The van der Waals surface area contributed by atoms with Crippen LogP contribution >= 0.6 is 0 Å². The Bertz CT molecular complexity index is 77.0. The van der Waals surface area contributed by atoms with Gasteiger partial charge in [0.25, 0.3) is 0 Å². The van der Waals surface area contributed by atoms with E-state index >= 15 is 0 Å². The number of aliphatic hydroxyl groups excluding tert-OH is 2. The fourth-order valence-electron chi connectivity index (χ4n) is 1.20. The average molecular weight is 146 g/mol. The highest BCUT2D eigenvalue weighted by Gasteiger charge is 2.30. The van der Waals surface area contributed by atoms with Crippen LogP contribution in [0, 0.1) is 5.41 Å². The van der Waals surface area contributed by atoms with Gasteiger partial charge in [-0.3, -0.25) is 0 Å².